The van der Waals surface area contributed by atoms with E-state index in [4.69, 9.17) is 5.73 Å². The summed E-state index contributed by atoms with van der Waals surface area (Å²) >= 11 is 1.64. The number of rotatable bonds is 5. The molecule has 20 heavy (non-hydrogen) atoms. The van der Waals surface area contributed by atoms with Gasteiger partial charge in [0.2, 0.25) is 10.0 Å². The van der Waals surface area contributed by atoms with Gasteiger partial charge in [-0.05, 0) is 32.1 Å². The minimum atomic E-state index is -3.07. The van der Waals surface area contributed by atoms with E-state index in [9.17, 15) is 8.42 Å². The molecule has 1 aliphatic rings. The molecular formula is C13H23N3O2S2. The largest absolute Gasteiger partial charge is 0.327 e. The van der Waals surface area contributed by atoms with Crippen LogP contribution < -0.4 is 5.73 Å². The number of hydrogen-bond acceptors (Lipinski definition) is 5. The van der Waals surface area contributed by atoms with Crippen LogP contribution >= 0.6 is 11.3 Å². The van der Waals surface area contributed by atoms with E-state index in [0.717, 1.165) is 36.4 Å². The average molecular weight is 317 g/mol. The van der Waals surface area contributed by atoms with Crippen LogP contribution in [-0.2, 0) is 16.4 Å². The third-order valence-corrected chi connectivity index (χ3v) is 5.82. The van der Waals surface area contributed by atoms with Gasteiger partial charge in [-0.3, -0.25) is 0 Å². The van der Waals surface area contributed by atoms with Gasteiger partial charge in [0.1, 0.15) is 0 Å². The van der Waals surface area contributed by atoms with Crippen molar-refractivity contribution in [3.63, 3.8) is 0 Å². The highest BCUT2D eigenvalue weighted by Crippen LogP contribution is 2.23. The molecule has 0 aliphatic carbocycles. The first-order valence-electron chi connectivity index (χ1n) is 6.96. The Morgan fingerprint density at radius 2 is 2.35 bits per heavy atom. The molecule has 2 unspecified atom stereocenters. The molecule has 1 aromatic rings. The third-order valence-electron chi connectivity index (χ3n) is 3.72. The summed E-state index contributed by atoms with van der Waals surface area (Å²) < 4.78 is 24.8. The van der Waals surface area contributed by atoms with Crippen LogP contribution in [0.4, 0.5) is 0 Å². The van der Waals surface area contributed by atoms with Crippen molar-refractivity contribution in [2.24, 2.45) is 11.7 Å². The highest BCUT2D eigenvalue weighted by molar-refractivity contribution is 7.88. The van der Waals surface area contributed by atoms with E-state index in [1.165, 1.54) is 6.26 Å². The van der Waals surface area contributed by atoms with E-state index >= 15 is 0 Å². The highest BCUT2D eigenvalue weighted by Gasteiger charge is 2.27. The lowest BCUT2D eigenvalue weighted by Gasteiger charge is -2.32. The standard InChI is InChI=1S/C13H23N3O2S2/c1-10-15-13(9-19-10)7-12(14)6-11-4-3-5-16(8-11)20(2,17)18/h9,11-12H,3-8,14H2,1-2H3. The van der Waals surface area contributed by atoms with Crippen LogP contribution in [0.1, 0.15) is 30.0 Å². The molecule has 1 fully saturated rings. The molecule has 1 aliphatic heterocycles. The van der Waals surface area contributed by atoms with Gasteiger partial charge in [-0.2, -0.15) is 0 Å². The molecule has 0 amide bonds. The fraction of sp³-hybridized carbons (Fsp3) is 0.769. The summed E-state index contributed by atoms with van der Waals surface area (Å²) in [7, 11) is -3.07. The van der Waals surface area contributed by atoms with Crippen LogP contribution in [0.15, 0.2) is 5.38 Å². The second-order valence-electron chi connectivity index (χ2n) is 5.69. The molecule has 5 nitrogen and oxygen atoms in total. The van der Waals surface area contributed by atoms with Crippen LogP contribution in [-0.4, -0.2) is 43.1 Å². The summed E-state index contributed by atoms with van der Waals surface area (Å²) in [6.07, 6.45) is 4.92. The maximum Gasteiger partial charge on any atom is 0.211 e. The molecular weight excluding hydrogens is 294 g/mol. The quantitative estimate of drug-likeness (QED) is 0.890. The zero-order valence-corrected chi connectivity index (χ0v) is 13.7. The first-order chi connectivity index (χ1) is 9.34. The van der Waals surface area contributed by atoms with Crippen LogP contribution in [0.5, 0.6) is 0 Å². The Hall–Kier alpha value is -0.500. The number of sulfonamides is 1. The lowest BCUT2D eigenvalue weighted by atomic mass is 9.91. The maximum absolute atomic E-state index is 11.6. The SMILES string of the molecule is Cc1nc(CC(N)CC2CCCN(S(C)(=O)=O)C2)cs1. The highest BCUT2D eigenvalue weighted by atomic mass is 32.2. The summed E-state index contributed by atoms with van der Waals surface area (Å²) in [5.41, 5.74) is 7.25. The van der Waals surface area contributed by atoms with E-state index in [0.29, 0.717) is 19.0 Å². The Bertz CT molecular complexity index is 542. The normalized spacial score (nSPS) is 22.9. The van der Waals surface area contributed by atoms with Gasteiger partial charge in [-0.1, -0.05) is 0 Å². The van der Waals surface area contributed by atoms with Crippen molar-refractivity contribution in [2.75, 3.05) is 19.3 Å². The zero-order valence-electron chi connectivity index (χ0n) is 12.1. The maximum atomic E-state index is 11.6. The Morgan fingerprint density at radius 1 is 1.60 bits per heavy atom. The van der Waals surface area contributed by atoms with Crippen LogP contribution in [0.2, 0.25) is 0 Å². The predicted molar refractivity (Wildman–Crippen MR) is 82.3 cm³/mol. The van der Waals surface area contributed by atoms with Gasteiger partial charge < -0.3 is 5.73 Å². The fourth-order valence-corrected chi connectivity index (χ4v) is 4.37. The van der Waals surface area contributed by atoms with Gasteiger partial charge in [-0.25, -0.2) is 17.7 Å². The molecule has 1 aromatic heterocycles. The lowest BCUT2D eigenvalue weighted by Crippen LogP contribution is -2.41. The van der Waals surface area contributed by atoms with Crippen molar-refractivity contribution in [3.8, 4) is 0 Å². The van der Waals surface area contributed by atoms with Gasteiger partial charge in [-0.15, -0.1) is 11.3 Å². The van der Waals surface area contributed by atoms with Crippen molar-refractivity contribution < 1.29 is 8.42 Å². The van der Waals surface area contributed by atoms with Gasteiger partial charge in [0.05, 0.1) is 17.0 Å². The second kappa shape index (κ2) is 6.51. The fourth-order valence-electron chi connectivity index (χ4n) is 2.80. The Labute approximate surface area is 125 Å². The number of aromatic nitrogens is 1. The third kappa shape index (κ3) is 4.51. The molecule has 0 saturated carbocycles. The summed E-state index contributed by atoms with van der Waals surface area (Å²) in [5.74, 6) is 0.369. The van der Waals surface area contributed by atoms with Gasteiger partial charge in [0, 0.05) is 30.9 Å². The summed E-state index contributed by atoms with van der Waals surface area (Å²) in [6.45, 7) is 3.25. The summed E-state index contributed by atoms with van der Waals surface area (Å²) in [4.78, 5) is 4.43. The first kappa shape index (κ1) is 15.9. The Kier molecular flexibility index (Phi) is 5.17. The molecule has 1 saturated heterocycles. The van der Waals surface area contributed by atoms with Gasteiger partial charge >= 0.3 is 0 Å². The van der Waals surface area contributed by atoms with Crippen molar-refractivity contribution in [1.29, 1.82) is 0 Å². The molecule has 0 spiro atoms. The molecule has 0 bridgehead atoms. The van der Waals surface area contributed by atoms with Crippen LogP contribution in [0, 0.1) is 12.8 Å². The van der Waals surface area contributed by atoms with Crippen LogP contribution in [0.3, 0.4) is 0 Å². The van der Waals surface area contributed by atoms with E-state index in [-0.39, 0.29) is 6.04 Å². The van der Waals surface area contributed by atoms with E-state index in [1.807, 2.05) is 6.92 Å². The van der Waals surface area contributed by atoms with Crippen molar-refractivity contribution in [3.05, 3.63) is 16.1 Å². The number of nitrogens with two attached hydrogens (primary N) is 1. The average Bonchev–Trinajstić information content (AvgIpc) is 2.73. The minimum Gasteiger partial charge on any atom is -0.327 e. The van der Waals surface area contributed by atoms with Gasteiger partial charge in [0.15, 0.2) is 0 Å². The van der Waals surface area contributed by atoms with Gasteiger partial charge in [0.25, 0.3) is 0 Å². The zero-order chi connectivity index (χ0) is 14.8. The molecule has 2 rings (SSSR count). The molecule has 2 N–H and O–H groups in total. The molecule has 2 heterocycles. The number of nitrogens with zero attached hydrogens (tertiary/aromatic N) is 2. The second-order valence-corrected chi connectivity index (χ2v) is 8.73. The van der Waals surface area contributed by atoms with E-state index < -0.39 is 10.0 Å². The number of piperidine rings is 1. The van der Waals surface area contributed by atoms with Crippen molar-refractivity contribution in [1.82, 2.24) is 9.29 Å². The topological polar surface area (TPSA) is 76.3 Å². The lowest BCUT2D eigenvalue weighted by molar-refractivity contribution is 0.246. The predicted octanol–water partition coefficient (Wildman–Crippen LogP) is 1.38. The monoisotopic (exact) mass is 317 g/mol. The number of thiazole rings is 1. The number of hydrogen-bond donors (Lipinski definition) is 1. The van der Waals surface area contributed by atoms with E-state index in [2.05, 4.69) is 10.4 Å². The van der Waals surface area contributed by atoms with Crippen molar-refractivity contribution >= 4 is 21.4 Å². The Balaban J connectivity index is 1.86. The van der Waals surface area contributed by atoms with Crippen LogP contribution in [0.25, 0.3) is 0 Å². The first-order valence-corrected chi connectivity index (χ1v) is 9.69. The summed E-state index contributed by atoms with van der Waals surface area (Å²) in [6, 6.07) is 0.0565. The molecule has 0 aromatic carbocycles. The molecule has 0 radical (unpaired) electrons. The molecule has 2 atom stereocenters. The number of aryl methyl sites for hydroxylation is 1. The van der Waals surface area contributed by atoms with Crippen molar-refractivity contribution in [2.45, 2.75) is 38.6 Å². The Morgan fingerprint density at radius 3 is 2.95 bits per heavy atom. The summed E-state index contributed by atoms with van der Waals surface area (Å²) in [5, 5.41) is 3.12. The smallest absolute Gasteiger partial charge is 0.211 e. The minimum absolute atomic E-state index is 0.0565. The van der Waals surface area contributed by atoms with E-state index in [1.54, 1.807) is 15.6 Å². The molecule has 7 heteroatoms. The molecule has 114 valence electrons.